The maximum atomic E-state index is 14.6. The lowest BCUT2D eigenvalue weighted by atomic mass is 10.0. The van der Waals surface area contributed by atoms with Gasteiger partial charge in [0.2, 0.25) is 11.8 Å². The molecule has 0 saturated carbocycles. The fraction of sp³-hybridized carbons (Fsp3) is 0.257. The SMILES string of the molecule is CC[C@H](C)NC(=O)[C@@H](Cc1ccccc1)N(Cc1ccc(Br)cc1)C(=O)CN(c1cc(Cl)ccc1C)S(=O)(=O)c1ccccc1. The van der Waals surface area contributed by atoms with Crippen LogP contribution in [-0.2, 0) is 32.6 Å². The highest BCUT2D eigenvalue weighted by Crippen LogP contribution is 2.30. The number of hydrogen-bond acceptors (Lipinski definition) is 4. The highest BCUT2D eigenvalue weighted by atomic mass is 79.9. The van der Waals surface area contributed by atoms with Crippen LogP contribution in [0.5, 0.6) is 0 Å². The molecule has 236 valence electrons. The molecule has 45 heavy (non-hydrogen) atoms. The molecule has 4 rings (SSSR count). The van der Waals surface area contributed by atoms with Crippen molar-refractivity contribution in [1.29, 1.82) is 0 Å². The van der Waals surface area contributed by atoms with E-state index < -0.39 is 28.5 Å². The predicted octanol–water partition coefficient (Wildman–Crippen LogP) is 7.16. The van der Waals surface area contributed by atoms with Gasteiger partial charge in [0, 0.05) is 28.5 Å². The van der Waals surface area contributed by atoms with Crippen LogP contribution >= 0.6 is 27.5 Å². The Balaban J connectivity index is 1.83. The van der Waals surface area contributed by atoms with E-state index >= 15 is 0 Å². The van der Waals surface area contributed by atoms with Gasteiger partial charge >= 0.3 is 0 Å². The highest BCUT2D eigenvalue weighted by molar-refractivity contribution is 9.10. The second-order valence-electron chi connectivity index (χ2n) is 10.9. The molecule has 7 nitrogen and oxygen atoms in total. The summed E-state index contributed by atoms with van der Waals surface area (Å²) in [6, 6.07) is 28.8. The van der Waals surface area contributed by atoms with Gasteiger partial charge in [0.1, 0.15) is 12.6 Å². The van der Waals surface area contributed by atoms with E-state index in [4.69, 9.17) is 11.6 Å². The summed E-state index contributed by atoms with van der Waals surface area (Å²) in [4.78, 5) is 30.0. The summed E-state index contributed by atoms with van der Waals surface area (Å²) in [7, 11) is -4.21. The molecule has 0 unspecified atom stereocenters. The minimum atomic E-state index is -4.21. The zero-order chi connectivity index (χ0) is 32.6. The monoisotopic (exact) mass is 709 g/mol. The van der Waals surface area contributed by atoms with Crippen molar-refractivity contribution in [3.05, 3.63) is 129 Å². The number of carbonyl (C=O) groups excluding carboxylic acids is 2. The molecule has 10 heteroatoms. The van der Waals surface area contributed by atoms with Crippen molar-refractivity contribution in [2.24, 2.45) is 0 Å². The summed E-state index contributed by atoms with van der Waals surface area (Å²) in [5.41, 5.74) is 2.57. The Kier molecular flexibility index (Phi) is 11.8. The predicted molar refractivity (Wildman–Crippen MR) is 184 cm³/mol. The number of nitrogens with one attached hydrogen (secondary N) is 1. The quantitative estimate of drug-likeness (QED) is 0.160. The standard InChI is InChI=1S/C35H37BrClN3O4S/c1-4-26(3)38-35(42)33(21-27-11-7-5-8-12-27)39(23-28-16-18-29(36)19-17-28)34(41)24-40(32-22-30(37)20-15-25(32)2)45(43,44)31-13-9-6-10-14-31/h5-20,22,26,33H,4,21,23-24H2,1-3H3,(H,38,42)/t26-,33+/m0/s1. The third-order valence-electron chi connectivity index (χ3n) is 7.59. The Labute approximate surface area is 279 Å². The lowest BCUT2D eigenvalue weighted by molar-refractivity contribution is -0.140. The molecule has 0 aliphatic heterocycles. The lowest BCUT2D eigenvalue weighted by Gasteiger charge is -2.34. The molecule has 0 saturated heterocycles. The van der Waals surface area contributed by atoms with Crippen LogP contribution in [0.2, 0.25) is 5.02 Å². The fourth-order valence-corrected chi connectivity index (χ4v) is 6.79. The molecule has 0 fully saturated rings. The topological polar surface area (TPSA) is 86.8 Å². The minimum Gasteiger partial charge on any atom is -0.352 e. The molecule has 0 aromatic heterocycles. The van der Waals surface area contributed by atoms with Crippen LogP contribution in [-0.4, -0.2) is 43.8 Å². The summed E-state index contributed by atoms with van der Waals surface area (Å²) in [6.45, 7) is 5.19. The number of aryl methyl sites for hydroxylation is 1. The summed E-state index contributed by atoms with van der Waals surface area (Å²) in [5, 5.41) is 3.38. The number of hydrogen-bond donors (Lipinski definition) is 1. The number of anilines is 1. The van der Waals surface area contributed by atoms with Crippen LogP contribution in [0.25, 0.3) is 0 Å². The number of sulfonamides is 1. The average Bonchev–Trinajstić information content (AvgIpc) is 3.04. The number of benzene rings is 4. The smallest absolute Gasteiger partial charge is 0.264 e. The third-order valence-corrected chi connectivity index (χ3v) is 10.1. The van der Waals surface area contributed by atoms with E-state index in [0.29, 0.717) is 17.0 Å². The van der Waals surface area contributed by atoms with Crippen molar-refractivity contribution >= 4 is 55.1 Å². The van der Waals surface area contributed by atoms with E-state index in [2.05, 4.69) is 21.2 Å². The Hall–Kier alpha value is -3.66. The zero-order valence-corrected chi connectivity index (χ0v) is 28.6. The van der Waals surface area contributed by atoms with E-state index in [9.17, 15) is 18.0 Å². The second-order valence-corrected chi connectivity index (χ2v) is 14.1. The van der Waals surface area contributed by atoms with E-state index in [1.165, 1.54) is 17.0 Å². The van der Waals surface area contributed by atoms with E-state index in [1.54, 1.807) is 43.3 Å². The van der Waals surface area contributed by atoms with Gasteiger partial charge in [0.15, 0.2) is 0 Å². The largest absolute Gasteiger partial charge is 0.352 e. The molecule has 2 amide bonds. The molecule has 4 aromatic rings. The average molecular weight is 711 g/mol. The van der Waals surface area contributed by atoms with Crippen molar-refractivity contribution in [1.82, 2.24) is 10.2 Å². The van der Waals surface area contributed by atoms with Gasteiger partial charge in [0.05, 0.1) is 10.6 Å². The van der Waals surface area contributed by atoms with E-state index in [0.717, 1.165) is 19.9 Å². The van der Waals surface area contributed by atoms with Crippen LogP contribution in [0.15, 0.2) is 112 Å². The molecule has 0 radical (unpaired) electrons. The molecule has 0 aliphatic carbocycles. The maximum absolute atomic E-state index is 14.6. The molecule has 2 atom stereocenters. The summed E-state index contributed by atoms with van der Waals surface area (Å²) in [6.07, 6.45) is 0.953. The summed E-state index contributed by atoms with van der Waals surface area (Å²) < 4.78 is 30.3. The van der Waals surface area contributed by atoms with Crippen LogP contribution < -0.4 is 9.62 Å². The number of nitrogens with zero attached hydrogens (tertiary/aromatic N) is 2. The van der Waals surface area contributed by atoms with E-state index in [1.807, 2.05) is 68.4 Å². The zero-order valence-electron chi connectivity index (χ0n) is 25.5. The Morgan fingerprint density at radius 1 is 0.889 bits per heavy atom. The Morgan fingerprint density at radius 3 is 2.13 bits per heavy atom. The Morgan fingerprint density at radius 2 is 1.51 bits per heavy atom. The second kappa shape index (κ2) is 15.6. The van der Waals surface area contributed by atoms with Crippen molar-refractivity contribution in [3.8, 4) is 0 Å². The van der Waals surface area contributed by atoms with Crippen LogP contribution in [0, 0.1) is 6.92 Å². The van der Waals surface area contributed by atoms with Gasteiger partial charge in [0.25, 0.3) is 10.0 Å². The molecular weight excluding hydrogens is 674 g/mol. The molecule has 0 aliphatic rings. The van der Waals surface area contributed by atoms with Crippen molar-refractivity contribution in [3.63, 3.8) is 0 Å². The van der Waals surface area contributed by atoms with Gasteiger partial charge < -0.3 is 10.2 Å². The number of halogens is 2. The minimum absolute atomic E-state index is 0.0342. The van der Waals surface area contributed by atoms with Gasteiger partial charge in [-0.3, -0.25) is 13.9 Å². The van der Waals surface area contributed by atoms with Gasteiger partial charge in [-0.2, -0.15) is 0 Å². The normalized spacial score (nSPS) is 12.6. The molecule has 0 heterocycles. The first-order chi connectivity index (χ1) is 21.5. The number of amides is 2. The van der Waals surface area contributed by atoms with Gasteiger partial charge in [-0.15, -0.1) is 0 Å². The van der Waals surface area contributed by atoms with Crippen LogP contribution in [0.3, 0.4) is 0 Å². The number of carbonyl (C=O) groups is 2. The lowest BCUT2D eigenvalue weighted by Crippen LogP contribution is -2.54. The summed E-state index contributed by atoms with van der Waals surface area (Å²) in [5.74, 6) is -0.841. The third kappa shape index (κ3) is 8.96. The van der Waals surface area contributed by atoms with Crippen molar-refractivity contribution in [2.75, 3.05) is 10.8 Å². The first-order valence-electron chi connectivity index (χ1n) is 14.7. The molecular formula is C35H37BrClN3O4S. The number of rotatable bonds is 13. The van der Waals surface area contributed by atoms with E-state index in [-0.39, 0.29) is 35.5 Å². The Bertz CT molecular complexity index is 1700. The molecule has 0 spiro atoms. The molecule has 4 aromatic carbocycles. The van der Waals surface area contributed by atoms with Crippen molar-refractivity contribution in [2.45, 2.75) is 57.1 Å². The van der Waals surface area contributed by atoms with Gasteiger partial charge in [-0.1, -0.05) is 101 Å². The van der Waals surface area contributed by atoms with Crippen LogP contribution in [0.4, 0.5) is 5.69 Å². The molecule has 0 bridgehead atoms. The summed E-state index contributed by atoms with van der Waals surface area (Å²) >= 11 is 9.81. The van der Waals surface area contributed by atoms with Crippen molar-refractivity contribution < 1.29 is 18.0 Å². The van der Waals surface area contributed by atoms with Gasteiger partial charge in [-0.05, 0) is 73.4 Å². The maximum Gasteiger partial charge on any atom is 0.264 e. The molecule has 1 N–H and O–H groups in total. The van der Waals surface area contributed by atoms with Gasteiger partial charge in [-0.25, -0.2) is 8.42 Å². The first kappa shape index (κ1) is 34.2. The fourth-order valence-electron chi connectivity index (χ4n) is 4.87. The first-order valence-corrected chi connectivity index (χ1v) is 17.3. The van der Waals surface area contributed by atoms with Crippen LogP contribution in [0.1, 0.15) is 37.0 Å². The highest BCUT2D eigenvalue weighted by Gasteiger charge is 2.35.